The molecule has 3 aromatic rings. The summed E-state index contributed by atoms with van der Waals surface area (Å²) in [6.45, 7) is 5.45. The van der Waals surface area contributed by atoms with Gasteiger partial charge in [0, 0.05) is 30.0 Å². The first kappa shape index (κ1) is 19.2. The van der Waals surface area contributed by atoms with Crippen molar-refractivity contribution in [2.24, 2.45) is 0 Å². The number of nitrogens with one attached hydrogen (secondary N) is 1. The number of nitrogens with zero attached hydrogens (tertiary/aromatic N) is 1. The van der Waals surface area contributed by atoms with Gasteiger partial charge in [-0.2, -0.15) is 0 Å². The molecule has 0 spiro atoms. The highest BCUT2D eigenvalue weighted by Crippen LogP contribution is 2.28. The highest BCUT2D eigenvalue weighted by molar-refractivity contribution is 5.99. The van der Waals surface area contributed by atoms with Gasteiger partial charge >= 0.3 is 0 Å². The number of furan rings is 1. The van der Waals surface area contributed by atoms with Crippen LogP contribution in [0.2, 0.25) is 0 Å². The Morgan fingerprint density at radius 2 is 2.00 bits per heavy atom. The van der Waals surface area contributed by atoms with E-state index in [2.05, 4.69) is 18.2 Å². The van der Waals surface area contributed by atoms with Crippen LogP contribution < -0.4 is 9.64 Å². The minimum atomic E-state index is -0.0352. The Balaban J connectivity index is 1.26. The van der Waals surface area contributed by atoms with Crippen molar-refractivity contribution in [3.63, 3.8) is 0 Å². The quantitative estimate of drug-likeness (QED) is 0.704. The van der Waals surface area contributed by atoms with Gasteiger partial charge in [-0.15, -0.1) is 0 Å². The average molecular weight is 407 g/mol. The molecule has 2 aromatic carbocycles. The van der Waals surface area contributed by atoms with E-state index in [1.807, 2.05) is 29.2 Å². The summed E-state index contributed by atoms with van der Waals surface area (Å²) >= 11 is 0. The number of hydrogen-bond donors (Lipinski definition) is 1. The highest BCUT2D eigenvalue weighted by atomic mass is 16.5. The minimum Gasteiger partial charge on any atom is -0.493 e. The summed E-state index contributed by atoms with van der Waals surface area (Å²) in [5.74, 6) is 1.41. The second-order valence-corrected chi connectivity index (χ2v) is 8.10. The van der Waals surface area contributed by atoms with Gasteiger partial charge in [-0.25, -0.2) is 0 Å². The van der Waals surface area contributed by atoms with Crippen molar-refractivity contribution in [2.75, 3.05) is 39.9 Å². The molecular weight excluding hydrogens is 380 g/mol. The summed E-state index contributed by atoms with van der Waals surface area (Å²) in [7, 11) is 1.64. The van der Waals surface area contributed by atoms with Crippen molar-refractivity contribution in [3.05, 3.63) is 64.9 Å². The molecule has 0 unspecified atom stereocenters. The number of methoxy groups -OCH3 is 1. The first-order chi connectivity index (χ1) is 14.7. The van der Waals surface area contributed by atoms with Gasteiger partial charge in [-0.05, 0) is 29.8 Å². The lowest BCUT2D eigenvalue weighted by Crippen LogP contribution is -3.13. The largest absolute Gasteiger partial charge is 0.493 e. The Kier molecular flexibility index (Phi) is 5.19. The number of carbonyl (C=O) groups excluding carboxylic acids is 1. The summed E-state index contributed by atoms with van der Waals surface area (Å²) in [5, 5.41) is 0.951. The van der Waals surface area contributed by atoms with Crippen molar-refractivity contribution in [1.82, 2.24) is 4.90 Å². The van der Waals surface area contributed by atoms with Crippen molar-refractivity contribution in [1.29, 1.82) is 0 Å². The average Bonchev–Trinajstić information content (AvgIpc) is 3.39. The number of ether oxygens (including phenoxy) is 2. The zero-order chi connectivity index (χ0) is 20.5. The maximum Gasteiger partial charge on any atom is 0.290 e. The first-order valence-corrected chi connectivity index (χ1v) is 10.6. The lowest BCUT2D eigenvalue weighted by atomic mass is 10.1. The summed E-state index contributed by atoms with van der Waals surface area (Å²) < 4.78 is 16.9. The molecule has 0 atom stereocenters. The normalized spacial score (nSPS) is 16.6. The molecule has 0 aliphatic carbocycles. The molecule has 1 amide bonds. The van der Waals surface area contributed by atoms with Gasteiger partial charge in [0.1, 0.15) is 17.9 Å². The van der Waals surface area contributed by atoms with Gasteiger partial charge in [-0.1, -0.05) is 18.2 Å². The molecule has 0 saturated carbocycles. The first-order valence-electron chi connectivity index (χ1n) is 10.6. The Labute approximate surface area is 176 Å². The van der Waals surface area contributed by atoms with Crippen LogP contribution >= 0.6 is 0 Å². The Hall–Kier alpha value is -2.83. The minimum absolute atomic E-state index is 0.0352. The molecule has 1 saturated heterocycles. The maximum absolute atomic E-state index is 13.2. The molecule has 2 aliphatic rings. The number of fused-ring (bicyclic) bond motifs is 2. The van der Waals surface area contributed by atoms with Crippen molar-refractivity contribution >= 4 is 16.9 Å². The van der Waals surface area contributed by atoms with Crippen LogP contribution in [-0.4, -0.2) is 50.7 Å². The Bertz CT molecular complexity index is 1070. The Morgan fingerprint density at radius 1 is 1.17 bits per heavy atom. The van der Waals surface area contributed by atoms with E-state index in [1.54, 1.807) is 7.11 Å². The van der Waals surface area contributed by atoms with Crippen LogP contribution in [0.4, 0.5) is 0 Å². The van der Waals surface area contributed by atoms with Crippen LogP contribution in [0.3, 0.4) is 0 Å². The van der Waals surface area contributed by atoms with E-state index in [0.717, 1.165) is 68.0 Å². The fourth-order valence-corrected chi connectivity index (χ4v) is 4.54. The summed E-state index contributed by atoms with van der Waals surface area (Å²) in [4.78, 5) is 16.6. The zero-order valence-electron chi connectivity index (χ0n) is 17.3. The molecular formula is C24H27N2O4+. The molecule has 1 N–H and O–H groups in total. The maximum atomic E-state index is 13.2. The highest BCUT2D eigenvalue weighted by Gasteiger charge is 2.29. The molecule has 6 heteroatoms. The van der Waals surface area contributed by atoms with E-state index in [4.69, 9.17) is 13.9 Å². The standard InChI is InChI=1S/C24H26N2O4/c1-28-16-20-19-4-2-3-5-22(19)30-23(20)24(27)26-11-9-25(10-12-26)15-17-6-7-21-18(14-17)8-13-29-21/h2-7,14H,8-13,15-16H2,1H3/p+1. The van der Waals surface area contributed by atoms with Crippen LogP contribution in [0.1, 0.15) is 27.2 Å². The topological polar surface area (TPSA) is 56.3 Å². The third-order valence-corrected chi connectivity index (χ3v) is 6.15. The van der Waals surface area contributed by atoms with E-state index in [-0.39, 0.29) is 5.91 Å². The molecule has 30 heavy (non-hydrogen) atoms. The van der Waals surface area contributed by atoms with Crippen molar-refractivity contribution in [3.8, 4) is 5.75 Å². The number of carbonyl (C=O) groups is 1. The third-order valence-electron chi connectivity index (χ3n) is 6.15. The summed E-state index contributed by atoms with van der Waals surface area (Å²) in [6.07, 6.45) is 1.00. The fourth-order valence-electron chi connectivity index (χ4n) is 4.54. The van der Waals surface area contributed by atoms with E-state index < -0.39 is 0 Å². The summed E-state index contributed by atoms with van der Waals surface area (Å²) in [5.41, 5.74) is 4.23. The smallest absolute Gasteiger partial charge is 0.290 e. The van der Waals surface area contributed by atoms with Crippen LogP contribution in [0.5, 0.6) is 5.75 Å². The number of piperazine rings is 1. The van der Waals surface area contributed by atoms with Crippen LogP contribution in [0.15, 0.2) is 46.9 Å². The molecule has 0 radical (unpaired) electrons. The Morgan fingerprint density at radius 3 is 2.83 bits per heavy atom. The molecule has 0 bridgehead atoms. The van der Waals surface area contributed by atoms with Crippen molar-refractivity contribution < 1.29 is 23.6 Å². The zero-order valence-corrected chi connectivity index (χ0v) is 17.3. The van der Waals surface area contributed by atoms with Gasteiger partial charge in [0.05, 0.1) is 39.4 Å². The SMILES string of the molecule is COCc1c(C(=O)N2CC[NH+](Cc3ccc4c(c3)CCO4)CC2)oc2ccccc12. The predicted octanol–water partition coefficient (Wildman–Crippen LogP) is 2.06. The molecule has 1 fully saturated rings. The molecule has 156 valence electrons. The van der Waals surface area contributed by atoms with Gasteiger partial charge in [0.2, 0.25) is 0 Å². The number of amides is 1. The second-order valence-electron chi connectivity index (χ2n) is 8.10. The molecule has 2 aliphatic heterocycles. The van der Waals surface area contributed by atoms with Gasteiger partial charge in [-0.3, -0.25) is 4.79 Å². The van der Waals surface area contributed by atoms with Crippen LogP contribution in [0.25, 0.3) is 11.0 Å². The number of rotatable bonds is 5. The fraction of sp³-hybridized carbons (Fsp3) is 0.375. The predicted molar refractivity (Wildman–Crippen MR) is 113 cm³/mol. The third kappa shape index (κ3) is 3.57. The number of para-hydroxylation sites is 1. The van der Waals surface area contributed by atoms with Gasteiger partial charge in [0.15, 0.2) is 5.76 Å². The number of hydrogen-bond acceptors (Lipinski definition) is 4. The van der Waals surface area contributed by atoms with Crippen molar-refractivity contribution in [2.45, 2.75) is 19.6 Å². The lowest BCUT2D eigenvalue weighted by molar-refractivity contribution is -0.917. The van der Waals surface area contributed by atoms with E-state index in [9.17, 15) is 4.79 Å². The van der Waals surface area contributed by atoms with Crippen LogP contribution in [0, 0.1) is 0 Å². The van der Waals surface area contributed by atoms with Crippen LogP contribution in [-0.2, 0) is 24.3 Å². The van der Waals surface area contributed by atoms with E-state index in [0.29, 0.717) is 12.4 Å². The molecule has 3 heterocycles. The van der Waals surface area contributed by atoms with Gasteiger partial charge < -0.3 is 23.7 Å². The summed E-state index contributed by atoms with van der Waals surface area (Å²) in [6, 6.07) is 14.3. The molecule has 1 aromatic heterocycles. The van der Waals surface area contributed by atoms with E-state index in [1.165, 1.54) is 16.0 Å². The monoisotopic (exact) mass is 407 g/mol. The van der Waals surface area contributed by atoms with E-state index >= 15 is 0 Å². The number of quaternary nitrogens is 1. The second kappa shape index (κ2) is 8.13. The molecule has 5 rings (SSSR count). The van der Waals surface area contributed by atoms with Gasteiger partial charge in [0.25, 0.3) is 5.91 Å². The lowest BCUT2D eigenvalue weighted by Gasteiger charge is -2.32. The number of benzene rings is 2. The molecule has 6 nitrogen and oxygen atoms in total.